The largest absolute Gasteiger partial charge is 0.319 e. The molecule has 0 amide bonds. The van der Waals surface area contributed by atoms with E-state index in [1.54, 1.807) is 4.31 Å². The Balaban J connectivity index is 0.00000180. The molecule has 1 aromatic rings. The van der Waals surface area contributed by atoms with Gasteiger partial charge in [0.1, 0.15) is 0 Å². The first kappa shape index (κ1) is 16.4. The monoisotopic (exact) mass is 304 g/mol. The molecule has 19 heavy (non-hydrogen) atoms. The van der Waals surface area contributed by atoms with Crippen LogP contribution in [0, 0.1) is 5.92 Å². The Kier molecular flexibility index (Phi) is 6.26. The van der Waals surface area contributed by atoms with E-state index in [1.165, 1.54) is 0 Å². The molecule has 0 aromatic heterocycles. The first-order chi connectivity index (χ1) is 8.62. The summed E-state index contributed by atoms with van der Waals surface area (Å²) in [4.78, 5) is 0. The van der Waals surface area contributed by atoms with Gasteiger partial charge in [0.2, 0.25) is 10.0 Å². The van der Waals surface area contributed by atoms with Crippen LogP contribution in [0.1, 0.15) is 12.0 Å². The molecule has 6 heteroatoms. The highest BCUT2D eigenvalue weighted by molar-refractivity contribution is 7.88. The smallest absolute Gasteiger partial charge is 0.218 e. The summed E-state index contributed by atoms with van der Waals surface area (Å²) in [5.74, 6) is 0.556. The maximum Gasteiger partial charge on any atom is 0.218 e. The van der Waals surface area contributed by atoms with Crippen molar-refractivity contribution in [1.29, 1.82) is 0 Å². The van der Waals surface area contributed by atoms with Gasteiger partial charge in [0, 0.05) is 13.1 Å². The third-order valence-corrected chi connectivity index (χ3v) is 5.14. The number of halogens is 1. The first-order valence-electron chi connectivity index (χ1n) is 6.28. The lowest BCUT2D eigenvalue weighted by atomic mass is 10.1. The number of benzene rings is 1. The molecule has 0 bridgehead atoms. The summed E-state index contributed by atoms with van der Waals surface area (Å²) in [5.41, 5.74) is 0.856. The van der Waals surface area contributed by atoms with E-state index in [0.717, 1.165) is 18.5 Å². The standard InChI is InChI=1S/C13H20N2O2S.ClH/c1-14-9-13-7-8-15(10-13)18(16,17)11-12-5-3-2-4-6-12;/h2-6,13-14H,7-11H2,1H3;1H. The van der Waals surface area contributed by atoms with Crippen molar-refractivity contribution in [3.05, 3.63) is 35.9 Å². The van der Waals surface area contributed by atoms with Gasteiger partial charge in [-0.25, -0.2) is 12.7 Å². The Morgan fingerprint density at radius 2 is 2.00 bits per heavy atom. The van der Waals surface area contributed by atoms with E-state index in [1.807, 2.05) is 37.4 Å². The van der Waals surface area contributed by atoms with Gasteiger partial charge in [0.25, 0.3) is 0 Å². The third kappa shape index (κ3) is 4.45. The van der Waals surface area contributed by atoms with Gasteiger partial charge in [0.15, 0.2) is 0 Å². The lowest BCUT2D eigenvalue weighted by molar-refractivity contribution is 0.450. The molecule has 0 aliphatic carbocycles. The lowest BCUT2D eigenvalue weighted by Gasteiger charge is -2.16. The summed E-state index contributed by atoms with van der Waals surface area (Å²) in [6.45, 7) is 2.19. The van der Waals surface area contributed by atoms with E-state index in [-0.39, 0.29) is 18.2 Å². The normalized spacial score (nSPS) is 20.2. The van der Waals surface area contributed by atoms with Gasteiger partial charge in [-0.05, 0) is 31.5 Å². The zero-order valence-electron chi connectivity index (χ0n) is 11.1. The summed E-state index contributed by atoms with van der Waals surface area (Å²) in [6.07, 6.45) is 0.953. The molecule has 1 aliphatic heterocycles. The molecule has 0 spiro atoms. The molecule has 1 atom stereocenters. The van der Waals surface area contributed by atoms with Crippen molar-refractivity contribution in [2.24, 2.45) is 5.92 Å². The van der Waals surface area contributed by atoms with Gasteiger partial charge in [-0.2, -0.15) is 0 Å². The number of rotatable bonds is 5. The fraction of sp³-hybridized carbons (Fsp3) is 0.538. The van der Waals surface area contributed by atoms with Crippen LogP contribution in [-0.4, -0.2) is 39.4 Å². The summed E-state index contributed by atoms with van der Waals surface area (Å²) in [6, 6.07) is 9.36. The van der Waals surface area contributed by atoms with Crippen molar-refractivity contribution in [3.63, 3.8) is 0 Å². The Morgan fingerprint density at radius 3 is 2.63 bits per heavy atom. The molecule has 0 saturated carbocycles. The second-order valence-electron chi connectivity index (χ2n) is 4.81. The average Bonchev–Trinajstić information content (AvgIpc) is 2.80. The van der Waals surface area contributed by atoms with Crippen molar-refractivity contribution in [2.45, 2.75) is 12.2 Å². The molecule has 2 rings (SSSR count). The van der Waals surface area contributed by atoms with Crippen LogP contribution in [-0.2, 0) is 15.8 Å². The van der Waals surface area contributed by atoms with Crippen LogP contribution in [0.15, 0.2) is 30.3 Å². The van der Waals surface area contributed by atoms with Crippen molar-refractivity contribution in [3.8, 4) is 0 Å². The number of nitrogens with one attached hydrogen (secondary N) is 1. The Morgan fingerprint density at radius 1 is 1.32 bits per heavy atom. The van der Waals surface area contributed by atoms with Crippen LogP contribution < -0.4 is 5.32 Å². The molecular weight excluding hydrogens is 284 g/mol. The van der Waals surface area contributed by atoms with Gasteiger partial charge in [0.05, 0.1) is 5.75 Å². The number of hydrogen-bond acceptors (Lipinski definition) is 3. The molecule has 1 saturated heterocycles. The minimum atomic E-state index is -3.16. The van der Waals surface area contributed by atoms with Crippen LogP contribution in [0.4, 0.5) is 0 Å². The second-order valence-corrected chi connectivity index (χ2v) is 6.78. The molecule has 1 unspecified atom stereocenters. The summed E-state index contributed by atoms with van der Waals surface area (Å²) in [5, 5.41) is 3.11. The third-order valence-electron chi connectivity index (χ3n) is 3.33. The summed E-state index contributed by atoms with van der Waals surface area (Å²) < 4.78 is 26.1. The van der Waals surface area contributed by atoms with Crippen LogP contribution in [0.2, 0.25) is 0 Å². The minimum Gasteiger partial charge on any atom is -0.319 e. The predicted octanol–water partition coefficient (Wildman–Crippen LogP) is 1.48. The molecule has 1 aromatic carbocycles. The average molecular weight is 305 g/mol. The Labute approximate surface area is 121 Å². The first-order valence-corrected chi connectivity index (χ1v) is 7.89. The highest BCUT2D eigenvalue weighted by Gasteiger charge is 2.30. The van der Waals surface area contributed by atoms with Crippen molar-refractivity contribution >= 4 is 22.4 Å². The molecule has 1 heterocycles. The van der Waals surface area contributed by atoms with Gasteiger partial charge >= 0.3 is 0 Å². The van der Waals surface area contributed by atoms with Gasteiger partial charge in [-0.3, -0.25) is 0 Å². The van der Waals surface area contributed by atoms with E-state index in [2.05, 4.69) is 5.32 Å². The second kappa shape index (κ2) is 7.24. The molecular formula is C13H21ClN2O2S. The van der Waals surface area contributed by atoms with Crippen molar-refractivity contribution in [2.75, 3.05) is 26.7 Å². The fourth-order valence-electron chi connectivity index (χ4n) is 2.38. The highest BCUT2D eigenvalue weighted by Crippen LogP contribution is 2.21. The summed E-state index contributed by atoms with van der Waals surface area (Å²) in [7, 11) is -1.25. The summed E-state index contributed by atoms with van der Waals surface area (Å²) >= 11 is 0. The van der Waals surface area contributed by atoms with Crippen molar-refractivity contribution < 1.29 is 8.42 Å². The molecule has 1 fully saturated rings. The van der Waals surface area contributed by atoms with E-state index >= 15 is 0 Å². The maximum atomic E-state index is 12.3. The predicted molar refractivity (Wildman–Crippen MR) is 79.9 cm³/mol. The Bertz CT molecular complexity index is 479. The number of hydrogen-bond donors (Lipinski definition) is 1. The highest BCUT2D eigenvalue weighted by atomic mass is 35.5. The maximum absolute atomic E-state index is 12.3. The van der Waals surface area contributed by atoms with Crippen LogP contribution in [0.5, 0.6) is 0 Å². The van der Waals surface area contributed by atoms with Crippen LogP contribution >= 0.6 is 12.4 Å². The molecule has 0 radical (unpaired) electrons. The van der Waals surface area contributed by atoms with Crippen LogP contribution in [0.3, 0.4) is 0 Å². The molecule has 1 N–H and O–H groups in total. The van der Waals surface area contributed by atoms with E-state index in [0.29, 0.717) is 19.0 Å². The number of sulfonamides is 1. The number of nitrogens with zero attached hydrogens (tertiary/aromatic N) is 1. The quantitative estimate of drug-likeness (QED) is 0.896. The fourth-order valence-corrected chi connectivity index (χ4v) is 4.00. The molecule has 4 nitrogen and oxygen atoms in total. The SMILES string of the molecule is CNCC1CCN(S(=O)(=O)Cc2ccccc2)C1.Cl. The van der Waals surface area contributed by atoms with Gasteiger partial charge < -0.3 is 5.32 Å². The topological polar surface area (TPSA) is 49.4 Å². The van der Waals surface area contributed by atoms with E-state index in [4.69, 9.17) is 0 Å². The van der Waals surface area contributed by atoms with E-state index in [9.17, 15) is 8.42 Å². The lowest BCUT2D eigenvalue weighted by Crippen LogP contribution is -2.31. The molecule has 1 aliphatic rings. The Hall–Kier alpha value is -0.620. The van der Waals surface area contributed by atoms with Gasteiger partial charge in [-0.15, -0.1) is 12.4 Å². The van der Waals surface area contributed by atoms with Crippen LogP contribution in [0.25, 0.3) is 0 Å². The van der Waals surface area contributed by atoms with E-state index < -0.39 is 10.0 Å². The zero-order chi connectivity index (χ0) is 13.0. The molecule has 108 valence electrons. The zero-order valence-corrected chi connectivity index (χ0v) is 12.7. The van der Waals surface area contributed by atoms with Crippen molar-refractivity contribution in [1.82, 2.24) is 9.62 Å². The van der Waals surface area contributed by atoms with Gasteiger partial charge in [-0.1, -0.05) is 30.3 Å². The minimum absolute atomic E-state index is 0.